The van der Waals surface area contributed by atoms with E-state index in [4.69, 9.17) is 15.1 Å². The maximum absolute atomic E-state index is 11.0. The van der Waals surface area contributed by atoms with Gasteiger partial charge in [0.1, 0.15) is 18.2 Å². The van der Waals surface area contributed by atoms with E-state index in [-0.39, 0.29) is 23.6 Å². The van der Waals surface area contributed by atoms with Crippen LogP contribution in [-0.2, 0) is 6.61 Å². The first-order chi connectivity index (χ1) is 9.61. The number of rotatable bonds is 4. The summed E-state index contributed by atoms with van der Waals surface area (Å²) in [6.07, 6.45) is 0. The highest BCUT2D eigenvalue weighted by atomic mass is 16.5. The van der Waals surface area contributed by atoms with E-state index in [1.165, 1.54) is 6.07 Å². The van der Waals surface area contributed by atoms with Crippen LogP contribution >= 0.6 is 0 Å². The van der Waals surface area contributed by atoms with Crippen LogP contribution in [0.2, 0.25) is 0 Å². The molecule has 1 N–H and O–H groups in total. The Bertz CT molecular complexity index is 676. The lowest BCUT2D eigenvalue weighted by Gasteiger charge is -2.09. The second kappa shape index (κ2) is 5.85. The Labute approximate surface area is 116 Å². The smallest absolute Gasteiger partial charge is 0.337 e. The van der Waals surface area contributed by atoms with Gasteiger partial charge in [-0.1, -0.05) is 30.3 Å². The molecule has 1 aromatic heterocycles. The van der Waals surface area contributed by atoms with Crippen LogP contribution in [0.4, 0.5) is 0 Å². The number of carboxylic acids is 1. The number of carbonyl (C=O) groups is 1. The second-order valence-corrected chi connectivity index (χ2v) is 4.17. The van der Waals surface area contributed by atoms with Gasteiger partial charge in [0.05, 0.1) is 11.3 Å². The van der Waals surface area contributed by atoms with Crippen molar-refractivity contribution in [1.29, 1.82) is 5.26 Å². The molecule has 0 aliphatic rings. The number of nitriles is 1. The number of ether oxygens (including phenoxy) is 1. The number of aryl methyl sites for hydroxylation is 1. The molecular formula is C15H12N2O3. The molecule has 5 heteroatoms. The average Bonchev–Trinajstić information content (AvgIpc) is 2.46. The van der Waals surface area contributed by atoms with Crippen LogP contribution in [-0.4, -0.2) is 16.1 Å². The quantitative estimate of drug-likeness (QED) is 0.921. The van der Waals surface area contributed by atoms with Crippen LogP contribution in [0.25, 0.3) is 0 Å². The number of aromatic nitrogens is 1. The molecule has 0 aliphatic carbocycles. The van der Waals surface area contributed by atoms with Crippen LogP contribution in [0.1, 0.15) is 27.2 Å². The van der Waals surface area contributed by atoms with Crippen molar-refractivity contribution in [2.24, 2.45) is 0 Å². The summed E-state index contributed by atoms with van der Waals surface area (Å²) in [5, 5.41) is 18.0. The summed E-state index contributed by atoms with van der Waals surface area (Å²) in [7, 11) is 0. The van der Waals surface area contributed by atoms with Gasteiger partial charge in [-0.25, -0.2) is 9.78 Å². The van der Waals surface area contributed by atoms with Crippen molar-refractivity contribution in [3.63, 3.8) is 0 Å². The molecule has 0 atom stereocenters. The Morgan fingerprint density at radius 1 is 1.40 bits per heavy atom. The van der Waals surface area contributed by atoms with Gasteiger partial charge in [-0.3, -0.25) is 0 Å². The highest BCUT2D eigenvalue weighted by Crippen LogP contribution is 2.20. The third kappa shape index (κ3) is 2.93. The number of hydrogen-bond acceptors (Lipinski definition) is 4. The third-order valence-corrected chi connectivity index (χ3v) is 2.75. The van der Waals surface area contributed by atoms with E-state index in [1.54, 1.807) is 6.92 Å². The minimum Gasteiger partial charge on any atom is -0.478 e. The summed E-state index contributed by atoms with van der Waals surface area (Å²) in [5.74, 6) is -0.958. The Hall–Kier alpha value is -2.87. The van der Waals surface area contributed by atoms with Gasteiger partial charge in [-0.2, -0.15) is 5.26 Å². The Morgan fingerprint density at radius 3 is 2.70 bits per heavy atom. The molecule has 0 saturated heterocycles. The van der Waals surface area contributed by atoms with Gasteiger partial charge in [0.25, 0.3) is 0 Å². The van der Waals surface area contributed by atoms with Crippen molar-refractivity contribution in [3.8, 4) is 11.9 Å². The number of aromatic carboxylic acids is 1. The zero-order valence-electron chi connectivity index (χ0n) is 10.8. The number of benzene rings is 1. The molecule has 0 aliphatic heterocycles. The maximum Gasteiger partial charge on any atom is 0.337 e. The lowest BCUT2D eigenvalue weighted by molar-refractivity contribution is 0.0695. The largest absolute Gasteiger partial charge is 0.478 e. The maximum atomic E-state index is 11.0. The topological polar surface area (TPSA) is 83.2 Å². The van der Waals surface area contributed by atoms with Crippen molar-refractivity contribution in [1.82, 2.24) is 4.98 Å². The molecule has 0 unspecified atom stereocenters. The van der Waals surface area contributed by atoms with Gasteiger partial charge in [0.15, 0.2) is 0 Å². The van der Waals surface area contributed by atoms with Crippen molar-refractivity contribution in [2.45, 2.75) is 13.5 Å². The Balaban J connectivity index is 2.26. The van der Waals surface area contributed by atoms with Crippen LogP contribution in [0.5, 0.6) is 5.88 Å². The summed E-state index contributed by atoms with van der Waals surface area (Å²) >= 11 is 0. The van der Waals surface area contributed by atoms with Crippen molar-refractivity contribution >= 4 is 5.97 Å². The summed E-state index contributed by atoms with van der Waals surface area (Å²) in [4.78, 5) is 15.0. The molecule has 0 spiro atoms. The number of carboxylic acid groups (broad SMARTS) is 1. The molecule has 2 rings (SSSR count). The van der Waals surface area contributed by atoms with Gasteiger partial charge in [-0.15, -0.1) is 0 Å². The average molecular weight is 268 g/mol. The van der Waals surface area contributed by atoms with Gasteiger partial charge >= 0.3 is 5.97 Å². The third-order valence-electron chi connectivity index (χ3n) is 2.75. The van der Waals surface area contributed by atoms with Crippen LogP contribution < -0.4 is 4.74 Å². The number of nitrogens with zero attached hydrogens (tertiary/aromatic N) is 2. The van der Waals surface area contributed by atoms with Crippen LogP contribution in [0, 0.1) is 18.3 Å². The van der Waals surface area contributed by atoms with Gasteiger partial charge < -0.3 is 9.84 Å². The van der Waals surface area contributed by atoms with E-state index in [1.807, 2.05) is 36.4 Å². The zero-order chi connectivity index (χ0) is 14.5. The summed E-state index contributed by atoms with van der Waals surface area (Å²) < 4.78 is 5.50. The predicted molar refractivity (Wildman–Crippen MR) is 71.4 cm³/mol. The molecule has 20 heavy (non-hydrogen) atoms. The Morgan fingerprint density at radius 2 is 2.10 bits per heavy atom. The zero-order valence-corrected chi connectivity index (χ0v) is 10.8. The highest BCUT2D eigenvalue weighted by molar-refractivity contribution is 5.89. The van der Waals surface area contributed by atoms with E-state index < -0.39 is 5.97 Å². The summed E-state index contributed by atoms with van der Waals surface area (Å²) in [6.45, 7) is 1.84. The molecule has 1 aromatic carbocycles. The van der Waals surface area contributed by atoms with E-state index >= 15 is 0 Å². The molecule has 100 valence electrons. The van der Waals surface area contributed by atoms with E-state index in [9.17, 15) is 4.79 Å². The van der Waals surface area contributed by atoms with Crippen LogP contribution in [0.3, 0.4) is 0 Å². The lowest BCUT2D eigenvalue weighted by Crippen LogP contribution is -2.06. The Kier molecular flexibility index (Phi) is 3.96. The fourth-order valence-electron chi connectivity index (χ4n) is 1.72. The van der Waals surface area contributed by atoms with E-state index in [0.29, 0.717) is 5.69 Å². The second-order valence-electron chi connectivity index (χ2n) is 4.17. The number of hydrogen-bond donors (Lipinski definition) is 1. The molecule has 0 amide bonds. The van der Waals surface area contributed by atoms with Gasteiger partial charge in [-0.05, 0) is 18.6 Å². The first kappa shape index (κ1) is 13.6. The minimum atomic E-state index is -1.11. The molecule has 0 radical (unpaired) electrons. The standard InChI is InChI=1S/C15H12N2O3/c1-10-13(15(18)19)7-12(8-16)14(17-10)20-9-11-5-3-2-4-6-11/h2-7H,9H2,1H3,(H,18,19). The molecule has 0 bridgehead atoms. The SMILES string of the molecule is Cc1nc(OCc2ccccc2)c(C#N)cc1C(=O)O. The molecule has 2 aromatic rings. The molecule has 1 heterocycles. The first-order valence-corrected chi connectivity index (χ1v) is 5.93. The molecule has 0 saturated carbocycles. The first-order valence-electron chi connectivity index (χ1n) is 5.93. The molecule has 5 nitrogen and oxygen atoms in total. The lowest BCUT2D eigenvalue weighted by atomic mass is 10.1. The van der Waals surface area contributed by atoms with E-state index in [2.05, 4.69) is 4.98 Å². The van der Waals surface area contributed by atoms with Crippen molar-refractivity contribution < 1.29 is 14.6 Å². The normalized spacial score (nSPS) is 9.80. The van der Waals surface area contributed by atoms with Gasteiger partial charge in [0, 0.05) is 0 Å². The monoisotopic (exact) mass is 268 g/mol. The van der Waals surface area contributed by atoms with Crippen molar-refractivity contribution in [2.75, 3.05) is 0 Å². The van der Waals surface area contributed by atoms with Crippen molar-refractivity contribution in [3.05, 3.63) is 58.8 Å². The minimum absolute atomic E-state index is 0.00797. The fraction of sp³-hybridized carbons (Fsp3) is 0.133. The predicted octanol–water partition coefficient (Wildman–Crippen LogP) is 2.54. The van der Waals surface area contributed by atoms with Gasteiger partial charge in [0.2, 0.25) is 5.88 Å². The summed E-state index contributed by atoms with van der Waals surface area (Å²) in [6, 6.07) is 12.6. The number of pyridine rings is 1. The van der Waals surface area contributed by atoms with E-state index in [0.717, 1.165) is 5.56 Å². The summed E-state index contributed by atoms with van der Waals surface area (Å²) in [5.41, 5.74) is 1.38. The fourth-order valence-corrected chi connectivity index (χ4v) is 1.72. The molecule has 0 fully saturated rings. The van der Waals surface area contributed by atoms with Crippen LogP contribution in [0.15, 0.2) is 36.4 Å². The highest BCUT2D eigenvalue weighted by Gasteiger charge is 2.15. The molecular weight excluding hydrogens is 256 g/mol.